The van der Waals surface area contributed by atoms with Crippen LogP contribution in [0.2, 0.25) is 0 Å². The van der Waals surface area contributed by atoms with Gasteiger partial charge < -0.3 is 19.5 Å². The number of H-pyrrole nitrogens is 1. The van der Waals surface area contributed by atoms with Crippen molar-refractivity contribution in [2.24, 2.45) is 0 Å². The average molecular weight is 377 g/mol. The van der Waals surface area contributed by atoms with Gasteiger partial charge in [-0.25, -0.2) is 0 Å². The number of nitrogens with zero attached hydrogens (tertiary/aromatic N) is 2. The quantitative estimate of drug-likeness (QED) is 0.763. The Hall–Kier alpha value is -3.28. The molecule has 144 valence electrons. The molecule has 2 heterocycles. The Morgan fingerprint density at radius 3 is 2.36 bits per heavy atom. The normalized spacial score (nSPS) is 14.4. The van der Waals surface area contributed by atoms with Crippen molar-refractivity contribution in [3.05, 3.63) is 65.4 Å². The Kier molecular flexibility index (Phi) is 4.77. The number of rotatable bonds is 3. The van der Waals surface area contributed by atoms with Gasteiger partial charge in [0.25, 0.3) is 11.8 Å². The van der Waals surface area contributed by atoms with Crippen molar-refractivity contribution in [3.63, 3.8) is 0 Å². The van der Waals surface area contributed by atoms with Gasteiger partial charge in [-0.3, -0.25) is 9.59 Å². The molecule has 1 N–H and O–H groups in total. The highest BCUT2D eigenvalue weighted by Gasteiger charge is 2.26. The van der Waals surface area contributed by atoms with Crippen molar-refractivity contribution in [3.8, 4) is 5.75 Å². The lowest BCUT2D eigenvalue weighted by molar-refractivity contribution is 0.0532. The SMILES string of the molecule is COc1cccc(C(=O)N2CCN(C(=O)c3cc4ccc(C)cc4[nH]3)CC2)c1. The molecular formula is C22H23N3O3. The standard InChI is InChI=1S/C22H23N3O3/c1-15-6-7-16-14-20(23-19(16)12-15)22(27)25-10-8-24(9-11-25)21(26)17-4-3-5-18(13-17)28-2/h3-7,12-14,23H,8-11H2,1-2H3. The van der Waals surface area contributed by atoms with Crippen molar-refractivity contribution >= 4 is 22.7 Å². The summed E-state index contributed by atoms with van der Waals surface area (Å²) in [7, 11) is 1.58. The number of aromatic amines is 1. The number of ether oxygens (including phenoxy) is 1. The van der Waals surface area contributed by atoms with Crippen LogP contribution in [0.25, 0.3) is 10.9 Å². The van der Waals surface area contributed by atoms with Crippen LogP contribution in [-0.2, 0) is 0 Å². The van der Waals surface area contributed by atoms with Gasteiger partial charge in [-0.2, -0.15) is 0 Å². The van der Waals surface area contributed by atoms with E-state index in [4.69, 9.17) is 4.74 Å². The lowest BCUT2D eigenvalue weighted by Crippen LogP contribution is -2.50. The van der Waals surface area contributed by atoms with Crippen LogP contribution in [0.5, 0.6) is 5.75 Å². The molecule has 0 saturated carbocycles. The number of carbonyl (C=O) groups excluding carboxylic acids is 2. The van der Waals surface area contributed by atoms with Crippen LogP contribution in [0.15, 0.2) is 48.5 Å². The number of benzene rings is 2. The van der Waals surface area contributed by atoms with Gasteiger partial charge in [-0.15, -0.1) is 0 Å². The maximum Gasteiger partial charge on any atom is 0.270 e. The second kappa shape index (κ2) is 7.38. The summed E-state index contributed by atoms with van der Waals surface area (Å²) in [6.45, 7) is 4.09. The maximum absolute atomic E-state index is 12.9. The van der Waals surface area contributed by atoms with E-state index in [-0.39, 0.29) is 11.8 Å². The van der Waals surface area contributed by atoms with Crippen molar-refractivity contribution in [2.45, 2.75) is 6.92 Å². The molecule has 0 spiro atoms. The molecule has 1 aliphatic heterocycles. The number of amides is 2. The highest BCUT2D eigenvalue weighted by atomic mass is 16.5. The summed E-state index contributed by atoms with van der Waals surface area (Å²) in [5, 5.41) is 1.03. The number of hydrogen-bond donors (Lipinski definition) is 1. The molecule has 2 amide bonds. The maximum atomic E-state index is 12.9. The lowest BCUT2D eigenvalue weighted by Gasteiger charge is -2.34. The van der Waals surface area contributed by atoms with Crippen molar-refractivity contribution in [2.75, 3.05) is 33.3 Å². The average Bonchev–Trinajstić information content (AvgIpc) is 3.16. The van der Waals surface area contributed by atoms with Crippen molar-refractivity contribution in [1.82, 2.24) is 14.8 Å². The molecule has 1 aliphatic rings. The van der Waals surface area contributed by atoms with Gasteiger partial charge in [0.15, 0.2) is 0 Å². The van der Waals surface area contributed by atoms with E-state index in [9.17, 15) is 9.59 Å². The fourth-order valence-corrected chi connectivity index (χ4v) is 3.58. The Balaban J connectivity index is 1.42. The van der Waals surface area contributed by atoms with Gasteiger partial charge in [0.2, 0.25) is 0 Å². The third kappa shape index (κ3) is 3.45. The fraction of sp³-hybridized carbons (Fsp3) is 0.273. The molecule has 2 aromatic carbocycles. The van der Waals surface area contributed by atoms with Crippen LogP contribution in [0.3, 0.4) is 0 Å². The van der Waals surface area contributed by atoms with Crippen molar-refractivity contribution < 1.29 is 14.3 Å². The zero-order valence-corrected chi connectivity index (χ0v) is 16.1. The minimum Gasteiger partial charge on any atom is -0.497 e. The molecule has 28 heavy (non-hydrogen) atoms. The first kappa shape index (κ1) is 18.1. The monoisotopic (exact) mass is 377 g/mol. The minimum absolute atomic E-state index is 0.0256. The summed E-state index contributed by atoms with van der Waals surface area (Å²) in [4.78, 5) is 32.4. The van der Waals surface area contributed by atoms with E-state index in [0.29, 0.717) is 43.2 Å². The van der Waals surface area contributed by atoms with Crippen LogP contribution in [0, 0.1) is 6.92 Å². The largest absolute Gasteiger partial charge is 0.497 e. The molecule has 0 atom stereocenters. The molecular weight excluding hydrogens is 354 g/mol. The zero-order valence-electron chi connectivity index (χ0n) is 16.1. The molecule has 4 rings (SSSR count). The number of aryl methyl sites for hydroxylation is 1. The lowest BCUT2D eigenvalue weighted by atomic mass is 10.1. The number of fused-ring (bicyclic) bond motifs is 1. The number of methoxy groups -OCH3 is 1. The first-order chi connectivity index (χ1) is 13.5. The summed E-state index contributed by atoms with van der Waals surface area (Å²) in [5.74, 6) is 0.600. The molecule has 0 unspecified atom stereocenters. The fourth-order valence-electron chi connectivity index (χ4n) is 3.58. The van der Waals surface area contributed by atoms with Crippen LogP contribution >= 0.6 is 0 Å². The van der Waals surface area contributed by atoms with E-state index in [2.05, 4.69) is 4.98 Å². The molecule has 3 aromatic rings. The Morgan fingerprint density at radius 1 is 0.929 bits per heavy atom. The van der Waals surface area contributed by atoms with Gasteiger partial charge >= 0.3 is 0 Å². The number of aromatic nitrogens is 1. The van der Waals surface area contributed by atoms with Gasteiger partial charge in [-0.1, -0.05) is 18.2 Å². The number of nitrogens with one attached hydrogen (secondary N) is 1. The molecule has 1 fully saturated rings. The first-order valence-electron chi connectivity index (χ1n) is 9.37. The number of hydrogen-bond acceptors (Lipinski definition) is 3. The summed E-state index contributed by atoms with van der Waals surface area (Å²) >= 11 is 0. The van der Waals surface area contributed by atoms with Crippen LogP contribution < -0.4 is 4.74 Å². The molecule has 0 radical (unpaired) electrons. The molecule has 6 nitrogen and oxygen atoms in total. The topological polar surface area (TPSA) is 65.6 Å². The summed E-state index contributed by atoms with van der Waals surface area (Å²) < 4.78 is 5.20. The summed E-state index contributed by atoms with van der Waals surface area (Å²) in [5.41, 5.74) is 3.31. The van der Waals surface area contributed by atoms with Gasteiger partial charge in [0, 0.05) is 42.6 Å². The van der Waals surface area contributed by atoms with Crippen LogP contribution in [0.4, 0.5) is 0 Å². The summed E-state index contributed by atoms with van der Waals surface area (Å²) in [6, 6.07) is 15.1. The smallest absolute Gasteiger partial charge is 0.270 e. The van der Waals surface area contributed by atoms with Crippen LogP contribution in [-0.4, -0.2) is 59.9 Å². The predicted octanol–water partition coefficient (Wildman–Crippen LogP) is 3.08. The highest BCUT2D eigenvalue weighted by Crippen LogP contribution is 2.19. The first-order valence-corrected chi connectivity index (χ1v) is 9.37. The molecule has 1 aromatic heterocycles. The third-order valence-electron chi connectivity index (χ3n) is 5.18. The van der Waals surface area contributed by atoms with E-state index < -0.39 is 0 Å². The zero-order chi connectivity index (χ0) is 19.7. The Labute approximate surface area is 163 Å². The number of carbonyl (C=O) groups is 2. The molecule has 1 saturated heterocycles. The Bertz CT molecular complexity index is 1030. The van der Waals surface area contributed by atoms with E-state index in [1.165, 1.54) is 0 Å². The van der Waals surface area contributed by atoms with E-state index >= 15 is 0 Å². The molecule has 6 heteroatoms. The summed E-state index contributed by atoms with van der Waals surface area (Å²) in [6.07, 6.45) is 0. The minimum atomic E-state index is -0.0351. The van der Waals surface area contributed by atoms with Gasteiger partial charge in [0.1, 0.15) is 11.4 Å². The Morgan fingerprint density at radius 2 is 1.64 bits per heavy atom. The predicted molar refractivity (Wildman–Crippen MR) is 108 cm³/mol. The van der Waals surface area contributed by atoms with E-state index in [0.717, 1.165) is 16.5 Å². The van der Waals surface area contributed by atoms with E-state index in [1.54, 1.807) is 29.0 Å². The third-order valence-corrected chi connectivity index (χ3v) is 5.18. The molecule has 0 aliphatic carbocycles. The second-order valence-electron chi connectivity index (χ2n) is 7.09. The number of piperazine rings is 1. The van der Waals surface area contributed by atoms with E-state index in [1.807, 2.05) is 43.3 Å². The van der Waals surface area contributed by atoms with Crippen LogP contribution in [0.1, 0.15) is 26.4 Å². The van der Waals surface area contributed by atoms with Gasteiger partial charge in [-0.05, 0) is 42.8 Å². The molecule has 0 bridgehead atoms. The van der Waals surface area contributed by atoms with Gasteiger partial charge in [0.05, 0.1) is 7.11 Å². The van der Waals surface area contributed by atoms with Crippen molar-refractivity contribution in [1.29, 1.82) is 0 Å². The highest BCUT2D eigenvalue weighted by molar-refractivity contribution is 5.98. The second-order valence-corrected chi connectivity index (χ2v) is 7.09.